The van der Waals surface area contributed by atoms with Gasteiger partial charge in [0.05, 0.1) is 0 Å². The highest BCUT2D eigenvalue weighted by atomic mass is 28.2. The normalized spacial score (nSPS) is 14.5. The lowest BCUT2D eigenvalue weighted by molar-refractivity contribution is -0.00231. The van der Waals surface area contributed by atoms with E-state index in [9.17, 15) is 0 Å². The molecule has 0 aromatic heterocycles. The molecule has 0 bridgehead atoms. The number of nitrogens with two attached hydrogens (primary N) is 1. The van der Waals surface area contributed by atoms with E-state index in [1.807, 2.05) is 0 Å². The van der Waals surface area contributed by atoms with E-state index in [4.69, 9.17) is 10.8 Å². The molecule has 0 fully saturated rings. The van der Waals surface area contributed by atoms with E-state index in [2.05, 4.69) is 14.9 Å². The van der Waals surface area contributed by atoms with Crippen LogP contribution in [0.15, 0.2) is 0 Å². The molecule has 1 unspecified atom stereocenters. The van der Waals surface area contributed by atoms with Gasteiger partial charge in [0.25, 0.3) is 0 Å². The van der Waals surface area contributed by atoms with Crippen LogP contribution >= 0.6 is 0 Å². The van der Waals surface area contributed by atoms with Crippen molar-refractivity contribution in [2.45, 2.75) is 6.29 Å². The van der Waals surface area contributed by atoms with Crippen molar-refractivity contribution in [1.82, 2.24) is 0 Å². The summed E-state index contributed by atoms with van der Waals surface area (Å²) < 4.78 is 4.14. The maximum absolute atomic E-state index is 8.27. The summed E-state index contributed by atoms with van der Waals surface area (Å²) >= 11 is 0. The molecule has 0 rings (SSSR count). The van der Waals surface area contributed by atoms with Crippen molar-refractivity contribution < 1.29 is 9.53 Å². The van der Waals surface area contributed by atoms with Crippen molar-refractivity contribution in [1.29, 1.82) is 0 Å². The molecule has 0 spiro atoms. The van der Waals surface area contributed by atoms with Gasteiger partial charge in [-0.25, -0.2) is 0 Å². The first-order valence-electron chi connectivity index (χ1n) is 1.51. The lowest BCUT2D eigenvalue weighted by Crippen LogP contribution is -2.21. The summed E-state index contributed by atoms with van der Waals surface area (Å²) in [6, 6.07) is 0. The highest BCUT2D eigenvalue weighted by molar-refractivity contribution is 5.98. The van der Waals surface area contributed by atoms with Gasteiger partial charge in [-0.2, -0.15) is 0 Å². The molecule has 6 heavy (non-hydrogen) atoms. The fourth-order valence-electron chi connectivity index (χ4n) is 0.0481. The van der Waals surface area contributed by atoms with Crippen LogP contribution in [-0.2, 0) is 4.43 Å². The van der Waals surface area contributed by atoms with E-state index in [-0.39, 0.29) is 6.54 Å². The van der Waals surface area contributed by atoms with Crippen molar-refractivity contribution in [3.63, 3.8) is 0 Å². The van der Waals surface area contributed by atoms with Crippen molar-refractivity contribution in [3.05, 3.63) is 0 Å². The number of hydrogen-bond acceptors (Lipinski definition) is 3. The maximum atomic E-state index is 8.27. The Bertz CT molecular complexity index is 30.7. The summed E-state index contributed by atoms with van der Waals surface area (Å²) in [6.45, 7) is 0.115. The molecule has 1 atom stereocenters. The van der Waals surface area contributed by atoms with Crippen LogP contribution in [0.2, 0.25) is 0 Å². The Kier molecular flexibility index (Phi) is 3.35. The van der Waals surface area contributed by atoms with E-state index in [0.717, 1.165) is 0 Å². The Labute approximate surface area is 39.6 Å². The van der Waals surface area contributed by atoms with Crippen molar-refractivity contribution in [2.75, 3.05) is 6.54 Å². The van der Waals surface area contributed by atoms with Gasteiger partial charge in [0.2, 0.25) is 10.5 Å². The number of rotatable bonds is 2. The minimum absolute atomic E-state index is 0.115. The Hall–Kier alpha value is 0.0969. The SMILES string of the molecule is NCC(O)O[Si]. The Morgan fingerprint density at radius 3 is 2.50 bits per heavy atom. The van der Waals surface area contributed by atoms with Gasteiger partial charge >= 0.3 is 0 Å². The van der Waals surface area contributed by atoms with Crippen LogP contribution in [0.4, 0.5) is 0 Å². The quantitative estimate of drug-likeness (QED) is 0.326. The summed E-state index contributed by atoms with van der Waals surface area (Å²) in [7, 11) is 2.59. The predicted octanol–water partition coefficient (Wildman–Crippen LogP) is -1.64. The average Bonchev–Trinajstić information content (AvgIpc) is 1.65. The van der Waals surface area contributed by atoms with Gasteiger partial charge in [0, 0.05) is 6.54 Å². The van der Waals surface area contributed by atoms with Crippen molar-refractivity contribution in [2.24, 2.45) is 5.73 Å². The zero-order chi connectivity index (χ0) is 4.99. The number of aliphatic hydroxyl groups excluding tert-OH is 1. The molecule has 0 heterocycles. The monoisotopic (exact) mass is 104 g/mol. The summed E-state index contributed by atoms with van der Waals surface area (Å²) in [5.74, 6) is 0. The van der Waals surface area contributed by atoms with Crippen LogP contribution in [-0.4, -0.2) is 28.4 Å². The molecule has 3 N–H and O–H groups in total. The van der Waals surface area contributed by atoms with Crippen LogP contribution in [0.5, 0.6) is 0 Å². The molecule has 0 aliphatic heterocycles. The lowest BCUT2D eigenvalue weighted by atomic mass is 10.7. The Morgan fingerprint density at radius 1 is 2.00 bits per heavy atom. The fourth-order valence-corrected chi connectivity index (χ4v) is 0.144. The molecule has 0 aliphatic rings. The zero-order valence-electron chi connectivity index (χ0n) is 3.22. The molecule has 3 radical (unpaired) electrons. The summed E-state index contributed by atoms with van der Waals surface area (Å²) in [5, 5.41) is 8.27. The largest absolute Gasteiger partial charge is 0.394 e. The van der Waals surface area contributed by atoms with Crippen LogP contribution in [0, 0.1) is 0 Å². The topological polar surface area (TPSA) is 55.5 Å². The Morgan fingerprint density at radius 2 is 2.50 bits per heavy atom. The third-order valence-corrected chi connectivity index (χ3v) is 0.610. The van der Waals surface area contributed by atoms with Gasteiger partial charge in [-0.05, 0) is 0 Å². The molecular weight excluding hydrogens is 98.1 g/mol. The lowest BCUT2D eigenvalue weighted by Gasteiger charge is -2.00. The van der Waals surface area contributed by atoms with Gasteiger partial charge in [-0.1, -0.05) is 0 Å². The van der Waals surface area contributed by atoms with Crippen LogP contribution in [0.3, 0.4) is 0 Å². The third-order valence-electron chi connectivity index (χ3n) is 0.338. The van der Waals surface area contributed by atoms with Gasteiger partial charge in [0.1, 0.15) is 0 Å². The van der Waals surface area contributed by atoms with Gasteiger partial charge in [-0.15, -0.1) is 0 Å². The standard InChI is InChI=1S/C2H6NO2Si/c3-1-2(4)5-6/h2,4H,1,3H2. The van der Waals surface area contributed by atoms with E-state index in [1.165, 1.54) is 0 Å². The molecule has 0 aliphatic carbocycles. The molecule has 0 aromatic rings. The van der Waals surface area contributed by atoms with Gasteiger partial charge in [-0.3, -0.25) is 0 Å². The van der Waals surface area contributed by atoms with Crippen LogP contribution in [0.1, 0.15) is 0 Å². The van der Waals surface area contributed by atoms with E-state index >= 15 is 0 Å². The van der Waals surface area contributed by atoms with Crippen LogP contribution < -0.4 is 5.73 Å². The summed E-state index contributed by atoms with van der Waals surface area (Å²) in [5.41, 5.74) is 4.88. The third kappa shape index (κ3) is 2.34. The van der Waals surface area contributed by atoms with Gasteiger partial charge < -0.3 is 15.3 Å². The van der Waals surface area contributed by atoms with Crippen molar-refractivity contribution in [3.8, 4) is 0 Å². The molecule has 0 amide bonds. The minimum Gasteiger partial charge on any atom is -0.394 e. The fraction of sp³-hybridized carbons (Fsp3) is 1.00. The first-order valence-corrected chi connectivity index (χ1v) is 1.92. The van der Waals surface area contributed by atoms with Crippen LogP contribution in [0.25, 0.3) is 0 Å². The molecule has 35 valence electrons. The van der Waals surface area contributed by atoms with E-state index in [0.29, 0.717) is 0 Å². The molecule has 3 nitrogen and oxygen atoms in total. The number of aliphatic hydroxyl groups is 1. The maximum Gasteiger partial charge on any atom is 0.249 e. The number of hydrogen-bond donors (Lipinski definition) is 2. The highest BCUT2D eigenvalue weighted by Crippen LogP contribution is 1.71. The smallest absolute Gasteiger partial charge is 0.249 e. The molecule has 0 saturated heterocycles. The Balaban J connectivity index is 2.75. The zero-order valence-corrected chi connectivity index (χ0v) is 4.22. The second-order valence-electron chi connectivity index (χ2n) is 0.808. The minimum atomic E-state index is -0.873. The average molecular weight is 104 g/mol. The second-order valence-corrected chi connectivity index (χ2v) is 1.04. The van der Waals surface area contributed by atoms with E-state index < -0.39 is 6.29 Å². The first kappa shape index (κ1) is 6.10. The van der Waals surface area contributed by atoms with E-state index in [1.54, 1.807) is 0 Å². The van der Waals surface area contributed by atoms with Gasteiger partial charge in [0.15, 0.2) is 6.29 Å². The first-order chi connectivity index (χ1) is 2.81. The highest BCUT2D eigenvalue weighted by Gasteiger charge is 1.90. The molecule has 0 aromatic carbocycles. The molecule has 4 heteroatoms. The molecule has 0 saturated carbocycles. The second kappa shape index (κ2) is 3.29. The molecular formula is C2H6NO2Si. The van der Waals surface area contributed by atoms with Crippen molar-refractivity contribution >= 4 is 10.5 Å². The predicted molar refractivity (Wildman–Crippen MR) is 21.9 cm³/mol. The summed E-state index contributed by atoms with van der Waals surface area (Å²) in [6.07, 6.45) is -0.873. The summed E-state index contributed by atoms with van der Waals surface area (Å²) in [4.78, 5) is 0.